The van der Waals surface area contributed by atoms with Crippen molar-refractivity contribution in [2.45, 2.75) is 52.7 Å². The second-order valence-corrected chi connectivity index (χ2v) is 8.31. The third kappa shape index (κ3) is 3.03. The van der Waals surface area contributed by atoms with Gasteiger partial charge in [-0.3, -0.25) is 4.40 Å². The van der Waals surface area contributed by atoms with E-state index in [1.165, 1.54) is 11.1 Å². The number of nitrogens with one attached hydrogen (secondary N) is 1. The van der Waals surface area contributed by atoms with Crippen molar-refractivity contribution in [2.24, 2.45) is 0 Å². The van der Waals surface area contributed by atoms with Crippen molar-refractivity contribution < 1.29 is 9.31 Å². The van der Waals surface area contributed by atoms with Gasteiger partial charge in [-0.05, 0) is 64.2 Å². The molecular weight excluding hydrogens is 337 g/mol. The molecule has 0 aliphatic carbocycles. The summed E-state index contributed by atoms with van der Waals surface area (Å²) >= 11 is 0. The minimum Gasteiger partial charge on any atom is -0.399 e. The molecule has 0 amide bonds. The highest BCUT2D eigenvalue weighted by Crippen LogP contribution is 2.36. The summed E-state index contributed by atoms with van der Waals surface area (Å²) in [5.41, 5.74) is 4.65. The molecule has 0 radical (unpaired) electrons. The number of hydrogen-bond acceptors (Lipinski definition) is 4. The van der Waals surface area contributed by atoms with Crippen molar-refractivity contribution in [2.75, 3.05) is 5.32 Å². The zero-order chi connectivity index (χ0) is 19.4. The van der Waals surface area contributed by atoms with Gasteiger partial charge in [0, 0.05) is 11.9 Å². The Labute approximate surface area is 160 Å². The van der Waals surface area contributed by atoms with Crippen LogP contribution in [0, 0.1) is 13.8 Å². The number of fused-ring (bicyclic) bond motifs is 1. The number of nitrogens with zero attached hydrogens (tertiary/aromatic N) is 2. The lowest BCUT2D eigenvalue weighted by Crippen LogP contribution is -2.41. The number of hydrogen-bond donors (Lipinski definition) is 1. The van der Waals surface area contributed by atoms with Crippen LogP contribution in [0.3, 0.4) is 0 Å². The van der Waals surface area contributed by atoms with Crippen LogP contribution in [0.2, 0.25) is 0 Å². The standard InChI is InChI=1S/C21H26BN3O2/c1-14-8-7-9-15(2)19(14)24-18-12-23-17-11-10-16(13-25(17)18)22-26-20(3,4)21(5,6)27-22/h7-13,24H,1-6H3. The maximum absolute atomic E-state index is 6.20. The number of aryl methyl sites for hydroxylation is 2. The first-order chi connectivity index (χ1) is 12.7. The molecule has 0 spiro atoms. The summed E-state index contributed by atoms with van der Waals surface area (Å²) in [6.45, 7) is 12.5. The van der Waals surface area contributed by atoms with Gasteiger partial charge in [-0.2, -0.15) is 0 Å². The van der Waals surface area contributed by atoms with Gasteiger partial charge in [-0.1, -0.05) is 24.3 Å². The van der Waals surface area contributed by atoms with Crippen molar-refractivity contribution in [3.63, 3.8) is 0 Å². The molecule has 1 fully saturated rings. The zero-order valence-electron chi connectivity index (χ0n) is 16.8. The number of benzene rings is 1. The van der Waals surface area contributed by atoms with Crippen LogP contribution in [0.25, 0.3) is 5.65 Å². The second-order valence-electron chi connectivity index (χ2n) is 8.31. The molecule has 0 unspecified atom stereocenters. The molecule has 1 saturated heterocycles. The van der Waals surface area contributed by atoms with E-state index >= 15 is 0 Å². The van der Waals surface area contributed by atoms with Gasteiger partial charge >= 0.3 is 7.12 Å². The number of anilines is 2. The van der Waals surface area contributed by atoms with E-state index in [1.807, 2.05) is 28.9 Å². The summed E-state index contributed by atoms with van der Waals surface area (Å²) in [7, 11) is -0.394. The summed E-state index contributed by atoms with van der Waals surface area (Å²) in [6.07, 6.45) is 3.90. The van der Waals surface area contributed by atoms with Crippen molar-refractivity contribution in [3.05, 3.63) is 53.9 Å². The van der Waals surface area contributed by atoms with E-state index in [0.29, 0.717) is 0 Å². The summed E-state index contributed by atoms with van der Waals surface area (Å²) in [5.74, 6) is 0.917. The minimum atomic E-state index is -0.394. The molecule has 0 atom stereocenters. The van der Waals surface area contributed by atoms with E-state index in [0.717, 1.165) is 22.6 Å². The van der Waals surface area contributed by atoms with Crippen molar-refractivity contribution >= 4 is 29.7 Å². The maximum Gasteiger partial charge on any atom is 0.496 e. The van der Waals surface area contributed by atoms with Crippen LogP contribution in [-0.4, -0.2) is 27.7 Å². The number of imidazole rings is 1. The molecule has 5 nitrogen and oxygen atoms in total. The highest BCUT2D eigenvalue weighted by Gasteiger charge is 2.51. The molecule has 1 aliphatic heterocycles. The van der Waals surface area contributed by atoms with E-state index in [1.54, 1.807) is 0 Å². The predicted octanol–water partition coefficient (Wildman–Crippen LogP) is 3.99. The monoisotopic (exact) mass is 363 g/mol. The van der Waals surface area contributed by atoms with Gasteiger partial charge in [0.25, 0.3) is 0 Å². The van der Waals surface area contributed by atoms with Gasteiger partial charge in [0.15, 0.2) is 0 Å². The Hall–Kier alpha value is -2.31. The van der Waals surface area contributed by atoms with Crippen LogP contribution >= 0.6 is 0 Å². The molecule has 0 bridgehead atoms. The Bertz CT molecular complexity index is 974. The average Bonchev–Trinajstić information content (AvgIpc) is 3.08. The number of para-hydroxylation sites is 1. The van der Waals surface area contributed by atoms with Crippen LogP contribution in [0.5, 0.6) is 0 Å². The topological polar surface area (TPSA) is 47.8 Å². The Morgan fingerprint density at radius 2 is 1.59 bits per heavy atom. The number of aromatic nitrogens is 2. The Morgan fingerprint density at radius 3 is 2.22 bits per heavy atom. The van der Waals surface area contributed by atoms with Crippen LogP contribution in [-0.2, 0) is 9.31 Å². The maximum atomic E-state index is 6.20. The van der Waals surface area contributed by atoms with Crippen LogP contribution in [0.15, 0.2) is 42.7 Å². The highest BCUT2D eigenvalue weighted by molar-refractivity contribution is 6.62. The quantitative estimate of drug-likeness (QED) is 0.715. The molecule has 3 aromatic rings. The van der Waals surface area contributed by atoms with E-state index in [9.17, 15) is 0 Å². The summed E-state index contributed by atoms with van der Waals surface area (Å²) in [4.78, 5) is 4.52. The lowest BCUT2D eigenvalue weighted by Gasteiger charge is -2.32. The van der Waals surface area contributed by atoms with E-state index in [4.69, 9.17) is 9.31 Å². The predicted molar refractivity (Wildman–Crippen MR) is 110 cm³/mol. The SMILES string of the molecule is Cc1cccc(C)c1Nc1cnc2ccc(B3OC(C)(C)C(C)(C)O3)cn12. The van der Waals surface area contributed by atoms with Crippen LogP contribution in [0.1, 0.15) is 38.8 Å². The van der Waals surface area contributed by atoms with Crippen molar-refractivity contribution in [1.29, 1.82) is 0 Å². The number of pyridine rings is 1. The fraction of sp³-hybridized carbons (Fsp3) is 0.381. The van der Waals surface area contributed by atoms with Gasteiger partial charge in [-0.15, -0.1) is 0 Å². The lowest BCUT2D eigenvalue weighted by molar-refractivity contribution is 0.00578. The Kier molecular flexibility index (Phi) is 4.09. The fourth-order valence-corrected chi connectivity index (χ4v) is 3.35. The normalized spacial score (nSPS) is 18.2. The molecule has 27 heavy (non-hydrogen) atoms. The number of rotatable bonds is 3. The molecule has 4 rings (SSSR count). The van der Waals surface area contributed by atoms with Gasteiger partial charge in [0.05, 0.1) is 17.4 Å². The zero-order valence-corrected chi connectivity index (χ0v) is 16.8. The third-order valence-corrected chi connectivity index (χ3v) is 5.79. The molecule has 1 aliphatic rings. The van der Waals surface area contributed by atoms with Crippen molar-refractivity contribution in [1.82, 2.24) is 9.38 Å². The summed E-state index contributed by atoms with van der Waals surface area (Å²) in [6, 6.07) is 10.3. The summed E-state index contributed by atoms with van der Waals surface area (Å²) in [5, 5.41) is 3.53. The molecular formula is C21H26BN3O2. The second kappa shape index (κ2) is 6.11. The summed E-state index contributed by atoms with van der Waals surface area (Å²) < 4.78 is 14.4. The molecule has 0 saturated carbocycles. The molecule has 1 aromatic carbocycles. The molecule has 3 heterocycles. The molecule has 140 valence electrons. The van der Waals surface area contributed by atoms with Crippen LogP contribution < -0.4 is 10.8 Å². The van der Waals surface area contributed by atoms with Gasteiger partial charge in [-0.25, -0.2) is 4.98 Å². The molecule has 1 N–H and O–H groups in total. The Morgan fingerprint density at radius 1 is 0.963 bits per heavy atom. The highest BCUT2D eigenvalue weighted by atomic mass is 16.7. The first kappa shape index (κ1) is 18.1. The largest absolute Gasteiger partial charge is 0.496 e. The fourth-order valence-electron chi connectivity index (χ4n) is 3.35. The first-order valence-corrected chi connectivity index (χ1v) is 9.34. The minimum absolute atomic E-state index is 0.360. The van der Waals surface area contributed by atoms with Gasteiger partial charge in [0.2, 0.25) is 0 Å². The van der Waals surface area contributed by atoms with Crippen molar-refractivity contribution in [3.8, 4) is 0 Å². The van der Waals surface area contributed by atoms with E-state index in [2.05, 4.69) is 70.0 Å². The van der Waals surface area contributed by atoms with Gasteiger partial charge in [0.1, 0.15) is 11.5 Å². The molecule has 2 aromatic heterocycles. The lowest BCUT2D eigenvalue weighted by atomic mass is 9.80. The average molecular weight is 363 g/mol. The first-order valence-electron chi connectivity index (χ1n) is 9.34. The smallest absolute Gasteiger partial charge is 0.399 e. The Balaban J connectivity index is 1.70. The molecule has 6 heteroatoms. The van der Waals surface area contributed by atoms with E-state index < -0.39 is 7.12 Å². The van der Waals surface area contributed by atoms with Crippen LogP contribution in [0.4, 0.5) is 11.5 Å². The van der Waals surface area contributed by atoms with E-state index in [-0.39, 0.29) is 11.2 Å². The van der Waals surface area contributed by atoms with Gasteiger partial charge < -0.3 is 14.6 Å². The third-order valence-electron chi connectivity index (χ3n) is 5.79.